The molecule has 3 nitrogen and oxygen atoms in total. The zero-order valence-electron chi connectivity index (χ0n) is 9.85. The summed E-state index contributed by atoms with van der Waals surface area (Å²) in [4.78, 5) is 22.5. The van der Waals surface area contributed by atoms with Crippen molar-refractivity contribution < 1.29 is 18.7 Å². The highest BCUT2D eigenvalue weighted by atomic mass is 19.1. The van der Waals surface area contributed by atoms with Gasteiger partial charge in [0.15, 0.2) is 5.78 Å². The number of Topliss-reactive ketones (excluding diaryl/α,β-unsaturated/α-hetero) is 1. The number of carbonyl (C=O) groups excluding carboxylic acids is 2. The standard InChI is InChI=1S/C13H15FO3/c1-9(2)12(15)11(14)13(16)17-8-10-6-4-3-5-7-10/h3-7,9,11H,8H2,1-2H3. The molecule has 1 unspecified atom stereocenters. The van der Waals surface area contributed by atoms with Gasteiger partial charge in [0.2, 0.25) is 0 Å². The molecule has 0 amide bonds. The Morgan fingerprint density at radius 2 is 1.82 bits per heavy atom. The molecular weight excluding hydrogens is 223 g/mol. The third-order valence-electron chi connectivity index (χ3n) is 2.25. The molecule has 0 bridgehead atoms. The van der Waals surface area contributed by atoms with E-state index in [1.807, 2.05) is 6.07 Å². The van der Waals surface area contributed by atoms with Crippen LogP contribution >= 0.6 is 0 Å². The molecule has 0 aromatic heterocycles. The Balaban J connectivity index is 2.48. The minimum Gasteiger partial charge on any atom is -0.458 e. The first-order chi connectivity index (χ1) is 8.02. The van der Waals surface area contributed by atoms with E-state index in [2.05, 4.69) is 0 Å². The Morgan fingerprint density at radius 3 is 2.35 bits per heavy atom. The van der Waals surface area contributed by atoms with Gasteiger partial charge in [-0.2, -0.15) is 0 Å². The lowest BCUT2D eigenvalue weighted by Crippen LogP contribution is -2.30. The third kappa shape index (κ3) is 3.98. The molecule has 0 N–H and O–H groups in total. The van der Waals surface area contributed by atoms with E-state index in [1.165, 1.54) is 0 Å². The average Bonchev–Trinajstić information content (AvgIpc) is 2.35. The summed E-state index contributed by atoms with van der Waals surface area (Å²) in [6, 6.07) is 8.91. The quantitative estimate of drug-likeness (QED) is 0.584. The van der Waals surface area contributed by atoms with Crippen molar-refractivity contribution in [2.24, 2.45) is 5.92 Å². The minimum absolute atomic E-state index is 0.0224. The Labute approximate surface area is 99.6 Å². The molecule has 17 heavy (non-hydrogen) atoms. The van der Waals surface area contributed by atoms with Gasteiger partial charge in [0.1, 0.15) is 6.61 Å². The van der Waals surface area contributed by atoms with Gasteiger partial charge < -0.3 is 4.74 Å². The molecule has 92 valence electrons. The van der Waals surface area contributed by atoms with Crippen molar-refractivity contribution in [1.82, 2.24) is 0 Å². The van der Waals surface area contributed by atoms with Crippen molar-refractivity contribution >= 4 is 11.8 Å². The van der Waals surface area contributed by atoms with Crippen LogP contribution < -0.4 is 0 Å². The smallest absolute Gasteiger partial charge is 0.348 e. The maximum atomic E-state index is 13.3. The Morgan fingerprint density at radius 1 is 1.24 bits per heavy atom. The lowest BCUT2D eigenvalue weighted by molar-refractivity contribution is -0.155. The maximum Gasteiger partial charge on any atom is 0.348 e. The predicted molar refractivity (Wildman–Crippen MR) is 61.0 cm³/mol. The van der Waals surface area contributed by atoms with Crippen molar-refractivity contribution in [1.29, 1.82) is 0 Å². The van der Waals surface area contributed by atoms with Crippen LogP contribution in [0.3, 0.4) is 0 Å². The second-order valence-electron chi connectivity index (χ2n) is 4.01. The van der Waals surface area contributed by atoms with Crippen molar-refractivity contribution in [2.75, 3.05) is 0 Å². The topological polar surface area (TPSA) is 43.4 Å². The first-order valence-corrected chi connectivity index (χ1v) is 5.40. The largest absolute Gasteiger partial charge is 0.458 e. The molecule has 0 fully saturated rings. The second kappa shape index (κ2) is 6.13. The molecule has 1 aromatic carbocycles. The third-order valence-corrected chi connectivity index (χ3v) is 2.25. The molecule has 0 saturated heterocycles. The Kier molecular flexibility index (Phi) is 4.82. The zero-order chi connectivity index (χ0) is 12.8. The maximum absolute atomic E-state index is 13.3. The summed E-state index contributed by atoms with van der Waals surface area (Å²) in [7, 11) is 0. The van der Waals surface area contributed by atoms with Crippen molar-refractivity contribution in [2.45, 2.75) is 26.6 Å². The summed E-state index contributed by atoms with van der Waals surface area (Å²) >= 11 is 0. The van der Waals surface area contributed by atoms with Gasteiger partial charge in [-0.25, -0.2) is 9.18 Å². The second-order valence-corrected chi connectivity index (χ2v) is 4.01. The molecule has 0 aliphatic heterocycles. The van der Waals surface area contributed by atoms with Crippen molar-refractivity contribution in [3.8, 4) is 0 Å². The highest BCUT2D eigenvalue weighted by Crippen LogP contribution is 2.08. The number of ketones is 1. The number of hydrogen-bond acceptors (Lipinski definition) is 3. The first kappa shape index (κ1) is 13.4. The fourth-order valence-electron chi connectivity index (χ4n) is 1.21. The Bertz CT molecular complexity index is 387. The number of hydrogen-bond donors (Lipinski definition) is 0. The summed E-state index contributed by atoms with van der Waals surface area (Å²) in [6.45, 7) is 3.06. The fourth-order valence-corrected chi connectivity index (χ4v) is 1.21. The molecule has 1 aromatic rings. The lowest BCUT2D eigenvalue weighted by Gasteiger charge is -2.09. The summed E-state index contributed by atoms with van der Waals surface area (Å²) in [6.07, 6.45) is -2.18. The number of ether oxygens (including phenoxy) is 1. The monoisotopic (exact) mass is 238 g/mol. The van der Waals surface area contributed by atoms with E-state index in [0.717, 1.165) is 5.56 Å². The van der Waals surface area contributed by atoms with Gasteiger partial charge in [-0.15, -0.1) is 0 Å². The van der Waals surface area contributed by atoms with Gasteiger partial charge in [0.25, 0.3) is 6.17 Å². The minimum atomic E-state index is -2.18. The molecular formula is C13H15FO3. The van der Waals surface area contributed by atoms with Gasteiger partial charge in [-0.3, -0.25) is 4.79 Å². The summed E-state index contributed by atoms with van der Waals surface area (Å²) in [5.41, 5.74) is 0.755. The highest BCUT2D eigenvalue weighted by molar-refractivity contribution is 6.02. The van der Waals surface area contributed by atoms with Gasteiger partial charge in [0, 0.05) is 5.92 Å². The number of alkyl halides is 1. The van der Waals surface area contributed by atoms with E-state index in [4.69, 9.17) is 4.74 Å². The van der Waals surface area contributed by atoms with Gasteiger partial charge in [-0.1, -0.05) is 44.2 Å². The number of benzene rings is 1. The van der Waals surface area contributed by atoms with Gasteiger partial charge >= 0.3 is 5.97 Å². The molecule has 0 aliphatic rings. The van der Waals surface area contributed by atoms with Gasteiger partial charge in [-0.05, 0) is 5.56 Å². The molecule has 0 heterocycles. The SMILES string of the molecule is CC(C)C(=O)C(F)C(=O)OCc1ccccc1. The summed E-state index contributed by atoms with van der Waals surface area (Å²) in [5, 5.41) is 0. The van der Waals surface area contributed by atoms with Crippen LogP contribution in [0, 0.1) is 5.92 Å². The summed E-state index contributed by atoms with van der Waals surface area (Å²) < 4.78 is 18.0. The van der Waals surface area contributed by atoms with E-state index in [0.29, 0.717) is 0 Å². The molecule has 0 saturated carbocycles. The van der Waals surface area contributed by atoms with Crippen LogP contribution in [-0.2, 0) is 20.9 Å². The van der Waals surface area contributed by atoms with Crippen LogP contribution in [0.5, 0.6) is 0 Å². The fraction of sp³-hybridized carbons (Fsp3) is 0.385. The number of halogens is 1. The molecule has 0 spiro atoms. The van der Waals surface area contributed by atoms with E-state index >= 15 is 0 Å². The van der Waals surface area contributed by atoms with E-state index in [1.54, 1.807) is 38.1 Å². The predicted octanol–water partition coefficient (Wildman–Crippen LogP) is 2.29. The molecule has 0 radical (unpaired) electrons. The number of carbonyl (C=O) groups is 2. The zero-order valence-corrected chi connectivity index (χ0v) is 9.85. The molecule has 0 aliphatic carbocycles. The lowest BCUT2D eigenvalue weighted by atomic mass is 10.1. The van der Waals surface area contributed by atoms with Crippen LogP contribution in [0.15, 0.2) is 30.3 Å². The number of rotatable bonds is 5. The van der Waals surface area contributed by atoms with Crippen LogP contribution in [0.4, 0.5) is 4.39 Å². The van der Waals surface area contributed by atoms with Crippen molar-refractivity contribution in [3.63, 3.8) is 0 Å². The Hall–Kier alpha value is -1.71. The van der Waals surface area contributed by atoms with E-state index < -0.39 is 23.8 Å². The van der Waals surface area contributed by atoms with Gasteiger partial charge in [0.05, 0.1) is 0 Å². The molecule has 4 heteroatoms. The van der Waals surface area contributed by atoms with Crippen LogP contribution in [-0.4, -0.2) is 17.9 Å². The van der Waals surface area contributed by atoms with E-state index in [-0.39, 0.29) is 6.61 Å². The highest BCUT2D eigenvalue weighted by Gasteiger charge is 2.29. The van der Waals surface area contributed by atoms with Crippen LogP contribution in [0.1, 0.15) is 19.4 Å². The first-order valence-electron chi connectivity index (χ1n) is 5.40. The number of esters is 1. The average molecular weight is 238 g/mol. The van der Waals surface area contributed by atoms with Crippen LogP contribution in [0.2, 0.25) is 0 Å². The molecule has 1 rings (SSSR count). The van der Waals surface area contributed by atoms with Crippen molar-refractivity contribution in [3.05, 3.63) is 35.9 Å². The van der Waals surface area contributed by atoms with Crippen LogP contribution in [0.25, 0.3) is 0 Å². The van der Waals surface area contributed by atoms with E-state index in [9.17, 15) is 14.0 Å². The normalized spacial score (nSPS) is 12.2. The summed E-state index contributed by atoms with van der Waals surface area (Å²) in [5.74, 6) is -2.38. The molecule has 1 atom stereocenters.